The Morgan fingerprint density at radius 1 is 1.27 bits per heavy atom. The third kappa shape index (κ3) is 7.97. The van der Waals surface area contributed by atoms with Crippen molar-refractivity contribution in [2.75, 3.05) is 0 Å². The topological polar surface area (TPSA) is 63.6 Å². The van der Waals surface area contributed by atoms with Crippen molar-refractivity contribution in [2.45, 2.75) is 58.5 Å². The van der Waals surface area contributed by atoms with E-state index in [0.717, 1.165) is 19.3 Å². The maximum atomic E-state index is 11.3. The number of carbonyl (C=O) groups is 2. The molecule has 0 aliphatic carbocycles. The highest BCUT2D eigenvalue weighted by molar-refractivity contribution is 5.71. The first-order valence-corrected chi connectivity index (χ1v) is 5.51. The summed E-state index contributed by atoms with van der Waals surface area (Å²) in [6.45, 7) is 4.02. The molecule has 0 spiro atoms. The third-order valence-corrected chi connectivity index (χ3v) is 2.14. The zero-order chi connectivity index (χ0) is 11.7. The highest BCUT2D eigenvalue weighted by atomic mass is 16.5. The molecular formula is C11H20O4. The van der Waals surface area contributed by atoms with Gasteiger partial charge in [-0.15, -0.1) is 0 Å². The van der Waals surface area contributed by atoms with E-state index >= 15 is 0 Å². The van der Waals surface area contributed by atoms with Gasteiger partial charge in [0.15, 0.2) is 0 Å². The van der Waals surface area contributed by atoms with Crippen LogP contribution in [0.2, 0.25) is 0 Å². The lowest BCUT2D eigenvalue weighted by Crippen LogP contribution is -2.17. The number of rotatable bonds is 8. The number of ether oxygens (including phenoxy) is 1. The van der Waals surface area contributed by atoms with Crippen molar-refractivity contribution < 1.29 is 19.4 Å². The smallest absolute Gasteiger partial charge is 0.306 e. The molecule has 0 amide bonds. The number of esters is 1. The molecule has 0 rings (SSSR count). The normalized spacial score (nSPS) is 12.1. The zero-order valence-corrected chi connectivity index (χ0v) is 9.49. The van der Waals surface area contributed by atoms with Crippen LogP contribution in [0.25, 0.3) is 0 Å². The van der Waals surface area contributed by atoms with E-state index in [1.54, 1.807) is 0 Å². The van der Waals surface area contributed by atoms with Gasteiger partial charge in [-0.05, 0) is 19.3 Å². The molecule has 0 aromatic rings. The first-order chi connectivity index (χ1) is 7.10. The van der Waals surface area contributed by atoms with E-state index in [0.29, 0.717) is 6.42 Å². The lowest BCUT2D eigenvalue weighted by Gasteiger charge is -2.14. The summed E-state index contributed by atoms with van der Waals surface area (Å²) in [6.07, 6.45) is 3.26. The molecule has 88 valence electrons. The number of carboxylic acid groups (broad SMARTS) is 1. The predicted molar refractivity (Wildman–Crippen MR) is 56.6 cm³/mol. The summed E-state index contributed by atoms with van der Waals surface area (Å²) in [4.78, 5) is 21.5. The van der Waals surface area contributed by atoms with Crippen LogP contribution in [0.15, 0.2) is 0 Å². The van der Waals surface area contributed by atoms with E-state index in [1.807, 2.05) is 13.8 Å². The summed E-state index contributed by atoms with van der Waals surface area (Å²) in [7, 11) is 0. The molecule has 1 atom stereocenters. The first kappa shape index (κ1) is 13.9. The van der Waals surface area contributed by atoms with Gasteiger partial charge < -0.3 is 9.84 Å². The maximum Gasteiger partial charge on any atom is 0.306 e. The van der Waals surface area contributed by atoms with Crippen LogP contribution in [0.3, 0.4) is 0 Å². The second-order valence-corrected chi connectivity index (χ2v) is 3.56. The van der Waals surface area contributed by atoms with Crippen molar-refractivity contribution >= 4 is 11.9 Å². The quantitative estimate of drug-likeness (QED) is 0.632. The Labute approximate surface area is 90.6 Å². The summed E-state index contributed by atoms with van der Waals surface area (Å²) in [5.41, 5.74) is 0. The summed E-state index contributed by atoms with van der Waals surface area (Å²) < 4.78 is 5.19. The van der Waals surface area contributed by atoms with Gasteiger partial charge in [0.1, 0.15) is 6.10 Å². The van der Waals surface area contributed by atoms with Crippen molar-refractivity contribution in [1.82, 2.24) is 0 Å². The number of aliphatic carboxylic acids is 1. The lowest BCUT2D eigenvalue weighted by atomic mass is 10.1. The largest absolute Gasteiger partial charge is 0.481 e. The SMILES string of the molecule is CCCC(CC)OC(=O)CCCC(=O)O. The average Bonchev–Trinajstić information content (AvgIpc) is 2.16. The molecule has 0 bridgehead atoms. The van der Waals surface area contributed by atoms with Gasteiger partial charge in [-0.3, -0.25) is 9.59 Å². The van der Waals surface area contributed by atoms with Gasteiger partial charge in [-0.2, -0.15) is 0 Å². The predicted octanol–water partition coefficient (Wildman–Crippen LogP) is 2.36. The minimum atomic E-state index is -0.872. The van der Waals surface area contributed by atoms with Crippen LogP contribution >= 0.6 is 0 Å². The zero-order valence-electron chi connectivity index (χ0n) is 9.49. The molecule has 0 aliphatic heterocycles. The van der Waals surface area contributed by atoms with E-state index in [-0.39, 0.29) is 24.9 Å². The van der Waals surface area contributed by atoms with Crippen molar-refractivity contribution in [3.63, 3.8) is 0 Å². The molecule has 0 aromatic carbocycles. The van der Waals surface area contributed by atoms with Crippen LogP contribution < -0.4 is 0 Å². The van der Waals surface area contributed by atoms with Gasteiger partial charge in [0.25, 0.3) is 0 Å². The second-order valence-electron chi connectivity index (χ2n) is 3.56. The fourth-order valence-corrected chi connectivity index (χ4v) is 1.30. The standard InChI is InChI=1S/C11H20O4/c1-3-6-9(4-2)15-11(14)8-5-7-10(12)13/h9H,3-8H2,1-2H3,(H,12,13). The fourth-order valence-electron chi connectivity index (χ4n) is 1.30. The van der Waals surface area contributed by atoms with Crippen LogP contribution in [-0.4, -0.2) is 23.1 Å². The van der Waals surface area contributed by atoms with Crippen molar-refractivity contribution in [2.24, 2.45) is 0 Å². The van der Waals surface area contributed by atoms with Gasteiger partial charge in [-0.1, -0.05) is 20.3 Å². The molecular weight excluding hydrogens is 196 g/mol. The second kappa shape index (κ2) is 8.26. The Bertz CT molecular complexity index is 201. The highest BCUT2D eigenvalue weighted by Gasteiger charge is 2.11. The van der Waals surface area contributed by atoms with Gasteiger partial charge in [0, 0.05) is 12.8 Å². The third-order valence-electron chi connectivity index (χ3n) is 2.14. The molecule has 15 heavy (non-hydrogen) atoms. The molecule has 1 N–H and O–H groups in total. The van der Waals surface area contributed by atoms with Crippen molar-refractivity contribution in [3.8, 4) is 0 Å². The fraction of sp³-hybridized carbons (Fsp3) is 0.818. The Morgan fingerprint density at radius 3 is 2.40 bits per heavy atom. The minimum absolute atomic E-state index is 0.00710. The Kier molecular flexibility index (Phi) is 7.68. The Morgan fingerprint density at radius 2 is 1.93 bits per heavy atom. The summed E-state index contributed by atoms with van der Waals surface area (Å²) in [6, 6.07) is 0. The molecule has 4 heteroatoms. The van der Waals surface area contributed by atoms with Crippen LogP contribution in [-0.2, 0) is 14.3 Å². The van der Waals surface area contributed by atoms with E-state index in [2.05, 4.69) is 0 Å². The van der Waals surface area contributed by atoms with Crippen LogP contribution in [0.4, 0.5) is 0 Å². The molecule has 0 saturated heterocycles. The molecule has 1 unspecified atom stereocenters. The monoisotopic (exact) mass is 216 g/mol. The van der Waals surface area contributed by atoms with E-state index < -0.39 is 5.97 Å². The van der Waals surface area contributed by atoms with Crippen LogP contribution in [0.1, 0.15) is 52.4 Å². The van der Waals surface area contributed by atoms with E-state index in [4.69, 9.17) is 9.84 Å². The van der Waals surface area contributed by atoms with Gasteiger partial charge >= 0.3 is 11.9 Å². The van der Waals surface area contributed by atoms with E-state index in [9.17, 15) is 9.59 Å². The molecule has 4 nitrogen and oxygen atoms in total. The lowest BCUT2D eigenvalue weighted by molar-refractivity contribution is -0.149. The van der Waals surface area contributed by atoms with E-state index in [1.165, 1.54) is 0 Å². The van der Waals surface area contributed by atoms with Crippen molar-refractivity contribution in [1.29, 1.82) is 0 Å². The molecule has 0 aliphatic rings. The number of hydrogen-bond acceptors (Lipinski definition) is 3. The maximum absolute atomic E-state index is 11.3. The molecule has 0 radical (unpaired) electrons. The van der Waals surface area contributed by atoms with Crippen LogP contribution in [0, 0.1) is 0 Å². The number of carboxylic acids is 1. The summed E-state index contributed by atoms with van der Waals surface area (Å²) >= 11 is 0. The summed E-state index contributed by atoms with van der Waals surface area (Å²) in [5.74, 6) is -1.15. The Balaban J connectivity index is 3.66. The van der Waals surface area contributed by atoms with Gasteiger partial charge in [-0.25, -0.2) is 0 Å². The van der Waals surface area contributed by atoms with Crippen molar-refractivity contribution in [3.05, 3.63) is 0 Å². The first-order valence-electron chi connectivity index (χ1n) is 5.51. The Hall–Kier alpha value is -1.06. The molecule has 0 saturated carbocycles. The average molecular weight is 216 g/mol. The number of hydrogen-bond donors (Lipinski definition) is 1. The number of carbonyl (C=O) groups excluding carboxylic acids is 1. The molecule has 0 aromatic heterocycles. The van der Waals surface area contributed by atoms with Gasteiger partial charge in [0.05, 0.1) is 0 Å². The van der Waals surface area contributed by atoms with Gasteiger partial charge in [0.2, 0.25) is 0 Å². The van der Waals surface area contributed by atoms with Crippen LogP contribution in [0.5, 0.6) is 0 Å². The summed E-state index contributed by atoms with van der Waals surface area (Å²) in [5, 5.41) is 8.39. The minimum Gasteiger partial charge on any atom is -0.481 e. The highest BCUT2D eigenvalue weighted by Crippen LogP contribution is 2.08. The molecule has 0 fully saturated rings. The molecule has 0 heterocycles.